The second-order valence-corrected chi connectivity index (χ2v) is 14.5. The van der Waals surface area contributed by atoms with Gasteiger partial charge in [-0.1, -0.05) is 29.6 Å². The average molecular weight is 601 g/mol. The van der Waals surface area contributed by atoms with Crippen molar-refractivity contribution in [3.8, 4) is 17.3 Å². The third kappa shape index (κ3) is 4.45. The van der Waals surface area contributed by atoms with Gasteiger partial charge < -0.3 is 4.90 Å². The van der Waals surface area contributed by atoms with E-state index in [0.29, 0.717) is 49.3 Å². The maximum Gasteiger partial charge on any atom is 0.228 e. The molecule has 2 N–H and O–H groups in total. The molecule has 0 radical (unpaired) electrons. The normalized spacial score (nSPS) is 20.0. The number of aromatic amines is 1. The zero-order chi connectivity index (χ0) is 28.4. The van der Waals surface area contributed by atoms with Gasteiger partial charge in [-0.2, -0.15) is 20.4 Å². The summed E-state index contributed by atoms with van der Waals surface area (Å²) in [6.07, 6.45) is 5.19. The summed E-state index contributed by atoms with van der Waals surface area (Å²) in [7, 11) is 0.655. The number of benzene rings is 1. The van der Waals surface area contributed by atoms with Gasteiger partial charge in [0.05, 0.1) is 42.7 Å². The van der Waals surface area contributed by atoms with Crippen LogP contribution in [0.3, 0.4) is 0 Å². The second kappa shape index (κ2) is 9.94. The Labute approximate surface area is 245 Å². The number of piperidine rings is 1. The van der Waals surface area contributed by atoms with Gasteiger partial charge in [0.15, 0.2) is 11.3 Å². The van der Waals surface area contributed by atoms with Crippen LogP contribution in [0, 0.1) is 16.7 Å². The summed E-state index contributed by atoms with van der Waals surface area (Å²) >= 11 is 13.2. The Balaban J connectivity index is 1.29. The van der Waals surface area contributed by atoms with Crippen LogP contribution in [0.25, 0.3) is 33.2 Å². The lowest BCUT2D eigenvalue weighted by molar-refractivity contribution is 0.187. The molecule has 2 atom stereocenters. The highest BCUT2D eigenvalue weighted by Gasteiger charge is 2.46. The van der Waals surface area contributed by atoms with Crippen LogP contribution in [0.4, 0.5) is 5.95 Å². The molecule has 3 aromatic heterocycles. The van der Waals surface area contributed by atoms with E-state index < -0.39 is 11.0 Å². The van der Waals surface area contributed by atoms with Gasteiger partial charge in [0.25, 0.3) is 0 Å². The molecule has 0 unspecified atom stereocenters. The molecule has 6 rings (SSSR count). The van der Waals surface area contributed by atoms with Crippen LogP contribution in [0.1, 0.15) is 58.6 Å². The van der Waals surface area contributed by atoms with Crippen LogP contribution < -0.4 is 9.62 Å². The van der Waals surface area contributed by atoms with E-state index in [4.69, 9.17) is 28.2 Å². The van der Waals surface area contributed by atoms with Gasteiger partial charge in [-0.3, -0.25) is 9.78 Å². The van der Waals surface area contributed by atoms with E-state index in [2.05, 4.69) is 36.0 Å². The quantitative estimate of drug-likeness (QED) is 0.326. The predicted octanol–water partition coefficient (Wildman–Crippen LogP) is 5.28. The summed E-state index contributed by atoms with van der Waals surface area (Å²) in [6, 6.07) is 6.14. The third-order valence-electron chi connectivity index (χ3n) is 8.40. The van der Waals surface area contributed by atoms with Gasteiger partial charge >= 0.3 is 0 Å². The van der Waals surface area contributed by atoms with E-state index in [-0.39, 0.29) is 21.9 Å². The minimum atomic E-state index is -1.10. The van der Waals surface area contributed by atoms with Crippen molar-refractivity contribution in [3.63, 3.8) is 0 Å². The van der Waals surface area contributed by atoms with Crippen LogP contribution >= 0.6 is 23.2 Å². The number of halogens is 2. The van der Waals surface area contributed by atoms with Crippen LogP contribution in [0.15, 0.2) is 12.1 Å². The van der Waals surface area contributed by atoms with Crippen molar-refractivity contribution in [2.75, 3.05) is 18.0 Å². The molecule has 13 heteroatoms. The largest absolute Gasteiger partial charge is 0.341 e. The zero-order valence-corrected chi connectivity index (χ0v) is 25.2. The number of rotatable bonds is 4. The van der Waals surface area contributed by atoms with E-state index in [0.717, 1.165) is 45.2 Å². The molecular formula is C27H31Cl2N9OS. The Morgan fingerprint density at radius 1 is 1.18 bits per heavy atom. The number of nitrogens with zero attached hydrogens (tertiary/aromatic N) is 7. The van der Waals surface area contributed by atoms with Gasteiger partial charge in [-0.15, -0.1) is 0 Å². The number of hydrogen-bond donors (Lipinski definition) is 2. The van der Waals surface area contributed by atoms with E-state index in [1.807, 2.05) is 32.9 Å². The topological polar surface area (TPSA) is 128 Å². The molecule has 0 amide bonds. The average Bonchev–Trinajstić information content (AvgIpc) is 3.60. The van der Waals surface area contributed by atoms with E-state index in [1.54, 1.807) is 11.7 Å². The number of fused-ring (bicyclic) bond motifs is 2. The molecule has 10 nitrogen and oxygen atoms in total. The number of hydrogen-bond acceptors (Lipinski definition) is 7. The lowest BCUT2D eigenvalue weighted by Crippen LogP contribution is -2.51. The summed E-state index contributed by atoms with van der Waals surface area (Å²) in [5.41, 5.74) is 2.64. The standard InChI is InChI=1S/C27H31Cl2N9OS/c1-26(2,3)40(39)36-18-6-5-9-27(18)10-12-38(13-11-27)25-31-17(14-30)20-22(33-34-24(20)32-25)15-7-8-16-19(21(15)28)23(29)37(4)35-16/h7-8,18,36H,5-6,9-13H2,1-4H3,(H,31,32,33,34)/t18-,40-/m1/s1. The number of nitriles is 1. The van der Waals surface area contributed by atoms with Gasteiger partial charge in [0, 0.05) is 31.7 Å². The Bertz CT molecular complexity index is 1690. The van der Waals surface area contributed by atoms with Gasteiger partial charge in [-0.05, 0) is 64.0 Å². The van der Waals surface area contributed by atoms with E-state index in [1.165, 1.54) is 0 Å². The molecule has 40 heavy (non-hydrogen) atoms. The maximum absolute atomic E-state index is 12.8. The molecule has 1 saturated carbocycles. The van der Waals surface area contributed by atoms with Crippen LogP contribution in [-0.4, -0.2) is 58.0 Å². The molecule has 2 aliphatic rings. The summed E-state index contributed by atoms with van der Waals surface area (Å²) in [5.74, 6) is 0.495. The maximum atomic E-state index is 12.8. The Kier molecular flexibility index (Phi) is 6.81. The Hall–Kier alpha value is -2.78. The molecule has 1 aliphatic heterocycles. The summed E-state index contributed by atoms with van der Waals surface area (Å²) in [4.78, 5) is 11.6. The minimum Gasteiger partial charge on any atom is -0.341 e. The highest BCUT2D eigenvalue weighted by Crippen LogP contribution is 2.47. The monoisotopic (exact) mass is 599 g/mol. The molecule has 1 spiro atoms. The molecule has 1 aliphatic carbocycles. The molecule has 4 heterocycles. The minimum absolute atomic E-state index is 0.113. The van der Waals surface area contributed by atoms with Gasteiger partial charge in [0.1, 0.15) is 11.2 Å². The summed E-state index contributed by atoms with van der Waals surface area (Å²) in [6.45, 7) is 7.52. The van der Waals surface area contributed by atoms with Crippen molar-refractivity contribution in [2.45, 2.75) is 63.7 Å². The first-order valence-corrected chi connectivity index (χ1v) is 15.3. The molecule has 1 aromatic carbocycles. The van der Waals surface area contributed by atoms with Crippen LogP contribution in [0.2, 0.25) is 10.2 Å². The summed E-state index contributed by atoms with van der Waals surface area (Å²) < 4.78 is 17.6. The van der Waals surface area contributed by atoms with Crippen molar-refractivity contribution in [3.05, 3.63) is 28.0 Å². The van der Waals surface area contributed by atoms with Crippen LogP contribution in [0.5, 0.6) is 0 Å². The number of aryl methyl sites for hydroxylation is 1. The molecule has 0 bridgehead atoms. The van der Waals surface area contributed by atoms with Crippen molar-refractivity contribution in [1.82, 2.24) is 34.7 Å². The highest BCUT2D eigenvalue weighted by atomic mass is 35.5. The number of nitrogens with one attached hydrogen (secondary N) is 2. The third-order valence-corrected chi connectivity index (χ3v) is 10.8. The summed E-state index contributed by atoms with van der Waals surface area (Å²) in [5, 5.41) is 23.9. The van der Waals surface area contributed by atoms with Gasteiger partial charge in [0.2, 0.25) is 5.95 Å². The predicted molar refractivity (Wildman–Crippen MR) is 159 cm³/mol. The Morgan fingerprint density at radius 3 is 2.62 bits per heavy atom. The lowest BCUT2D eigenvalue weighted by Gasteiger charge is -2.43. The van der Waals surface area contributed by atoms with Gasteiger partial charge in [-0.25, -0.2) is 13.9 Å². The molecule has 4 aromatic rings. The fourth-order valence-corrected chi connectivity index (χ4v) is 7.72. The van der Waals surface area contributed by atoms with E-state index in [9.17, 15) is 9.47 Å². The first kappa shape index (κ1) is 27.4. The number of anilines is 1. The highest BCUT2D eigenvalue weighted by molar-refractivity contribution is 7.84. The molecular weight excluding hydrogens is 569 g/mol. The van der Waals surface area contributed by atoms with Crippen LogP contribution in [-0.2, 0) is 18.0 Å². The second-order valence-electron chi connectivity index (χ2n) is 11.8. The van der Waals surface area contributed by atoms with Crippen molar-refractivity contribution in [1.29, 1.82) is 5.26 Å². The Morgan fingerprint density at radius 2 is 1.93 bits per heavy atom. The van der Waals surface area contributed by atoms with Crippen molar-refractivity contribution in [2.24, 2.45) is 12.5 Å². The first-order chi connectivity index (χ1) is 19.0. The molecule has 210 valence electrons. The van der Waals surface area contributed by atoms with E-state index >= 15 is 0 Å². The SMILES string of the molecule is Cn1nc2ccc(-c3[nH]nc4nc(N5CCC6(CCC[C@H]6N[S@](=O)C(C)(C)C)CC5)nc(C#N)c34)c(Cl)c2c1Cl. The fourth-order valence-electron chi connectivity index (χ4n) is 6.12. The molecule has 1 saturated heterocycles. The number of H-pyrrole nitrogens is 1. The smallest absolute Gasteiger partial charge is 0.228 e. The first-order valence-electron chi connectivity index (χ1n) is 13.4. The van der Waals surface area contributed by atoms with Crippen molar-refractivity contribution < 1.29 is 4.21 Å². The number of aromatic nitrogens is 6. The van der Waals surface area contributed by atoms with Crippen molar-refractivity contribution >= 4 is 62.1 Å². The fraction of sp³-hybridized carbons (Fsp3) is 0.519. The lowest BCUT2D eigenvalue weighted by atomic mass is 9.74. The molecule has 2 fully saturated rings. The zero-order valence-electron chi connectivity index (χ0n) is 22.9.